The van der Waals surface area contributed by atoms with Gasteiger partial charge in [0.1, 0.15) is 0 Å². The number of nitrogens with zero attached hydrogens (tertiary/aromatic N) is 1. The molecule has 1 aliphatic heterocycles. The highest BCUT2D eigenvalue weighted by Crippen LogP contribution is 2.20. The molecule has 0 aromatic rings. The summed E-state index contributed by atoms with van der Waals surface area (Å²) in [6.45, 7) is 4.78. The van der Waals surface area contributed by atoms with Gasteiger partial charge in [-0.25, -0.2) is 5.01 Å². The second kappa shape index (κ2) is 6.93. The minimum absolute atomic E-state index is 0.109. The lowest BCUT2D eigenvalue weighted by Crippen LogP contribution is -2.57. The highest BCUT2D eigenvalue weighted by atomic mass is 16.5. The molecule has 0 spiro atoms. The molecule has 0 aromatic carbocycles. The number of nitrogens with one attached hydrogen (secondary N) is 1. The van der Waals surface area contributed by atoms with Crippen molar-refractivity contribution in [2.24, 2.45) is 5.73 Å². The monoisotopic (exact) mass is 243 g/mol. The average Bonchev–Trinajstić information content (AvgIpc) is 2.30. The zero-order valence-corrected chi connectivity index (χ0v) is 11.1. The first kappa shape index (κ1) is 14.4. The Morgan fingerprint density at radius 2 is 2.06 bits per heavy atom. The Morgan fingerprint density at radius 3 is 2.59 bits per heavy atom. The third-order valence-corrected chi connectivity index (χ3v) is 3.40. The number of hydrazine groups is 1. The zero-order valence-electron chi connectivity index (χ0n) is 11.1. The molecule has 0 aromatic heterocycles. The van der Waals surface area contributed by atoms with Crippen LogP contribution in [0.1, 0.15) is 39.5 Å². The van der Waals surface area contributed by atoms with Gasteiger partial charge in [-0.1, -0.05) is 6.42 Å². The van der Waals surface area contributed by atoms with E-state index < -0.39 is 6.04 Å². The number of carbonyl (C=O) groups is 1. The Balaban J connectivity index is 2.43. The second-order valence-electron chi connectivity index (χ2n) is 4.90. The number of carbonyl (C=O) groups excluding carboxylic acids is 1. The summed E-state index contributed by atoms with van der Waals surface area (Å²) < 4.78 is 4.92. The predicted octanol–water partition coefficient (Wildman–Crippen LogP) is 0.644. The minimum Gasteiger partial charge on any atom is -0.385 e. The highest BCUT2D eigenvalue weighted by Gasteiger charge is 2.27. The van der Waals surface area contributed by atoms with Crippen LogP contribution in [0.3, 0.4) is 0 Å². The van der Waals surface area contributed by atoms with E-state index in [1.165, 1.54) is 6.42 Å². The van der Waals surface area contributed by atoms with Crippen LogP contribution in [0.15, 0.2) is 0 Å². The quantitative estimate of drug-likeness (QED) is 0.744. The first-order valence-electron chi connectivity index (χ1n) is 6.39. The summed E-state index contributed by atoms with van der Waals surface area (Å²) in [6.07, 6.45) is 4.03. The lowest BCUT2D eigenvalue weighted by molar-refractivity contribution is -0.131. The molecule has 5 nitrogen and oxygen atoms in total. The van der Waals surface area contributed by atoms with Crippen LogP contribution in [0.4, 0.5) is 0 Å². The number of methoxy groups -OCH3 is 1. The van der Waals surface area contributed by atoms with Crippen LogP contribution < -0.4 is 11.2 Å². The third kappa shape index (κ3) is 4.26. The van der Waals surface area contributed by atoms with E-state index in [1.807, 2.05) is 5.01 Å². The Labute approximate surface area is 104 Å². The van der Waals surface area contributed by atoms with Crippen LogP contribution in [-0.2, 0) is 9.53 Å². The van der Waals surface area contributed by atoms with Crippen molar-refractivity contribution < 1.29 is 9.53 Å². The molecule has 3 N–H and O–H groups in total. The zero-order chi connectivity index (χ0) is 12.8. The second-order valence-corrected chi connectivity index (χ2v) is 4.90. The van der Waals surface area contributed by atoms with Gasteiger partial charge in [0.15, 0.2) is 0 Å². The van der Waals surface area contributed by atoms with E-state index >= 15 is 0 Å². The van der Waals surface area contributed by atoms with Crippen molar-refractivity contribution in [2.75, 3.05) is 13.7 Å². The Bertz CT molecular complexity index is 238. The van der Waals surface area contributed by atoms with Gasteiger partial charge in [-0.15, -0.1) is 0 Å². The summed E-state index contributed by atoms with van der Waals surface area (Å²) in [5.41, 5.74) is 8.73. The summed E-state index contributed by atoms with van der Waals surface area (Å²) in [5.74, 6) is -0.109. The molecule has 1 saturated heterocycles. The van der Waals surface area contributed by atoms with E-state index in [1.54, 1.807) is 7.11 Å². The Morgan fingerprint density at radius 1 is 1.47 bits per heavy atom. The van der Waals surface area contributed by atoms with E-state index in [0.717, 1.165) is 12.8 Å². The van der Waals surface area contributed by atoms with Gasteiger partial charge < -0.3 is 10.5 Å². The first-order chi connectivity index (χ1) is 8.06. The fraction of sp³-hybridized carbons (Fsp3) is 0.917. The van der Waals surface area contributed by atoms with Crippen molar-refractivity contribution in [1.82, 2.24) is 10.4 Å². The van der Waals surface area contributed by atoms with Gasteiger partial charge in [-0.05, 0) is 33.1 Å². The standard InChI is InChI=1S/C12H25N3O2/c1-9-5-4-6-10(2)15(9)14-12(16)11(13)7-8-17-3/h9-11H,4-8,13H2,1-3H3,(H,14,16). The van der Waals surface area contributed by atoms with Crippen molar-refractivity contribution >= 4 is 5.91 Å². The smallest absolute Gasteiger partial charge is 0.251 e. The molecule has 5 heteroatoms. The molecule has 3 atom stereocenters. The number of piperidine rings is 1. The number of nitrogens with two attached hydrogens (primary N) is 1. The number of rotatable bonds is 5. The van der Waals surface area contributed by atoms with E-state index in [9.17, 15) is 4.79 Å². The lowest BCUT2D eigenvalue weighted by Gasteiger charge is -2.39. The number of amides is 1. The Kier molecular flexibility index (Phi) is 5.88. The highest BCUT2D eigenvalue weighted by molar-refractivity contribution is 5.81. The molecule has 0 bridgehead atoms. The van der Waals surface area contributed by atoms with E-state index in [4.69, 9.17) is 10.5 Å². The van der Waals surface area contributed by atoms with Crippen LogP contribution in [0, 0.1) is 0 Å². The molecule has 1 fully saturated rings. The molecule has 1 rings (SSSR count). The summed E-state index contributed by atoms with van der Waals surface area (Å²) in [5, 5.41) is 2.04. The Hall–Kier alpha value is -0.650. The van der Waals surface area contributed by atoms with Gasteiger partial charge >= 0.3 is 0 Å². The maximum Gasteiger partial charge on any atom is 0.251 e. The van der Waals surface area contributed by atoms with Crippen molar-refractivity contribution in [1.29, 1.82) is 0 Å². The molecular weight excluding hydrogens is 218 g/mol. The van der Waals surface area contributed by atoms with Crippen LogP contribution in [-0.4, -0.2) is 42.8 Å². The summed E-state index contributed by atoms with van der Waals surface area (Å²) in [7, 11) is 1.61. The van der Waals surface area contributed by atoms with Crippen molar-refractivity contribution in [2.45, 2.75) is 57.7 Å². The molecule has 100 valence electrons. The van der Waals surface area contributed by atoms with E-state index in [-0.39, 0.29) is 5.91 Å². The predicted molar refractivity (Wildman–Crippen MR) is 67.2 cm³/mol. The van der Waals surface area contributed by atoms with E-state index in [2.05, 4.69) is 19.3 Å². The SMILES string of the molecule is COCCC(N)C(=O)NN1C(C)CCCC1C. The fourth-order valence-electron chi connectivity index (χ4n) is 2.23. The molecule has 3 unspecified atom stereocenters. The van der Waals surface area contributed by atoms with E-state index in [0.29, 0.717) is 25.1 Å². The summed E-state index contributed by atoms with van der Waals surface area (Å²) >= 11 is 0. The average molecular weight is 243 g/mol. The largest absolute Gasteiger partial charge is 0.385 e. The van der Waals surface area contributed by atoms with Gasteiger partial charge in [0.25, 0.3) is 5.91 Å². The maximum atomic E-state index is 11.9. The topological polar surface area (TPSA) is 67.6 Å². The lowest BCUT2D eigenvalue weighted by atomic mass is 10.00. The van der Waals surface area contributed by atoms with Gasteiger partial charge in [0.05, 0.1) is 6.04 Å². The van der Waals surface area contributed by atoms with Gasteiger partial charge in [-0.2, -0.15) is 0 Å². The molecular formula is C12H25N3O2. The maximum absolute atomic E-state index is 11.9. The fourth-order valence-corrected chi connectivity index (χ4v) is 2.23. The molecule has 17 heavy (non-hydrogen) atoms. The molecule has 1 aliphatic rings. The third-order valence-electron chi connectivity index (χ3n) is 3.40. The normalized spacial score (nSPS) is 27.8. The van der Waals surface area contributed by atoms with Crippen LogP contribution >= 0.6 is 0 Å². The van der Waals surface area contributed by atoms with Gasteiger partial charge in [0, 0.05) is 25.8 Å². The minimum atomic E-state index is -0.490. The summed E-state index contributed by atoms with van der Waals surface area (Å²) in [4.78, 5) is 11.9. The van der Waals surface area contributed by atoms with Crippen molar-refractivity contribution in [3.63, 3.8) is 0 Å². The first-order valence-corrected chi connectivity index (χ1v) is 6.39. The molecule has 1 heterocycles. The molecule has 0 saturated carbocycles. The van der Waals surface area contributed by atoms with Crippen LogP contribution in [0.2, 0.25) is 0 Å². The van der Waals surface area contributed by atoms with Crippen molar-refractivity contribution in [3.05, 3.63) is 0 Å². The number of ether oxygens (including phenoxy) is 1. The van der Waals surface area contributed by atoms with Crippen LogP contribution in [0.25, 0.3) is 0 Å². The van der Waals surface area contributed by atoms with Gasteiger partial charge in [-0.3, -0.25) is 10.2 Å². The van der Waals surface area contributed by atoms with Crippen LogP contribution in [0.5, 0.6) is 0 Å². The van der Waals surface area contributed by atoms with Gasteiger partial charge in [0.2, 0.25) is 0 Å². The molecule has 0 radical (unpaired) electrons. The molecule has 1 amide bonds. The van der Waals surface area contributed by atoms with Crippen molar-refractivity contribution in [3.8, 4) is 0 Å². The number of hydrogen-bond donors (Lipinski definition) is 2. The summed E-state index contributed by atoms with van der Waals surface area (Å²) in [6, 6.07) is 0.283. The molecule has 0 aliphatic carbocycles. The number of hydrogen-bond acceptors (Lipinski definition) is 4.